The molecule has 2 atom stereocenters. The number of hydrogen-bond acceptors (Lipinski definition) is 6. The van der Waals surface area contributed by atoms with Crippen molar-refractivity contribution in [3.63, 3.8) is 0 Å². The Balaban J connectivity index is 1.69. The molecule has 1 aliphatic rings. The van der Waals surface area contributed by atoms with Crippen LogP contribution in [0.25, 0.3) is 9.40 Å². The molecular weight excluding hydrogens is 344 g/mol. The van der Waals surface area contributed by atoms with Crippen LogP contribution in [0.5, 0.6) is 0 Å². The van der Waals surface area contributed by atoms with Gasteiger partial charge in [0.05, 0.1) is 11.3 Å². The van der Waals surface area contributed by atoms with Crippen LogP contribution in [-0.4, -0.2) is 24.5 Å². The molecule has 0 unspecified atom stereocenters. The highest BCUT2D eigenvalue weighted by molar-refractivity contribution is 7.28. The average molecular weight is 367 g/mol. The molecule has 7 heteroatoms. The Morgan fingerprint density at radius 1 is 1.42 bits per heavy atom. The van der Waals surface area contributed by atoms with E-state index in [1.165, 1.54) is 11.3 Å². The topological polar surface area (TPSA) is 81.4 Å². The number of rotatable bonds is 6. The lowest BCUT2D eigenvalue weighted by molar-refractivity contribution is -0.122. The summed E-state index contributed by atoms with van der Waals surface area (Å²) in [7, 11) is 0. The fourth-order valence-electron chi connectivity index (χ4n) is 3.21. The van der Waals surface area contributed by atoms with Crippen LogP contribution in [0.3, 0.4) is 0 Å². The van der Waals surface area contributed by atoms with Crippen molar-refractivity contribution in [2.45, 2.75) is 45.2 Å². The summed E-state index contributed by atoms with van der Waals surface area (Å²) >= 11 is 3.01. The molecule has 1 amide bonds. The van der Waals surface area contributed by atoms with Crippen LogP contribution in [0.2, 0.25) is 0 Å². The maximum atomic E-state index is 12.2. The summed E-state index contributed by atoms with van der Waals surface area (Å²) in [6, 6.07) is 2.13. The molecule has 130 valence electrons. The average Bonchev–Trinajstić information content (AvgIpc) is 3.22. The molecule has 0 aromatic carbocycles. The Bertz CT molecular complexity index is 737. The van der Waals surface area contributed by atoms with Crippen LogP contribution < -0.4 is 11.1 Å². The summed E-state index contributed by atoms with van der Waals surface area (Å²) in [5.41, 5.74) is 6.91. The van der Waals surface area contributed by atoms with Gasteiger partial charge in [-0.1, -0.05) is 6.42 Å². The Kier molecular flexibility index (Phi) is 5.53. The second kappa shape index (κ2) is 7.63. The van der Waals surface area contributed by atoms with Gasteiger partial charge in [-0.2, -0.15) is 0 Å². The van der Waals surface area contributed by atoms with Crippen molar-refractivity contribution >= 4 is 43.9 Å². The van der Waals surface area contributed by atoms with E-state index in [1.807, 2.05) is 11.4 Å². The van der Waals surface area contributed by atoms with Crippen molar-refractivity contribution < 1.29 is 14.3 Å². The first kappa shape index (κ1) is 17.4. The van der Waals surface area contributed by atoms with E-state index in [4.69, 9.17) is 10.5 Å². The van der Waals surface area contributed by atoms with Crippen molar-refractivity contribution in [2.24, 2.45) is 11.7 Å². The van der Waals surface area contributed by atoms with Crippen LogP contribution in [0.15, 0.2) is 11.4 Å². The zero-order chi connectivity index (χ0) is 17.1. The fourth-order valence-corrected chi connectivity index (χ4v) is 5.48. The summed E-state index contributed by atoms with van der Waals surface area (Å²) in [5.74, 6) is -0.0326. The van der Waals surface area contributed by atoms with Gasteiger partial charge in [-0.05, 0) is 37.1 Å². The molecule has 1 fully saturated rings. The predicted octanol–water partition coefficient (Wildman–Crippen LogP) is 3.27. The van der Waals surface area contributed by atoms with Gasteiger partial charge in [-0.15, -0.1) is 22.7 Å². The molecule has 3 rings (SSSR count). The Hall–Kier alpha value is -1.44. The molecule has 5 nitrogen and oxygen atoms in total. The minimum atomic E-state index is -0.312. The number of carbonyl (C=O) groups is 2. The number of carbonyl (C=O) groups excluding carboxylic acids is 2. The van der Waals surface area contributed by atoms with Crippen molar-refractivity contribution in [3.05, 3.63) is 21.9 Å². The molecule has 3 N–H and O–H groups in total. The van der Waals surface area contributed by atoms with Crippen LogP contribution in [0.1, 0.15) is 47.8 Å². The number of amides is 1. The molecule has 2 aromatic rings. The van der Waals surface area contributed by atoms with Crippen LogP contribution in [-0.2, 0) is 16.1 Å². The highest BCUT2D eigenvalue weighted by Gasteiger charge is 2.26. The zero-order valence-corrected chi connectivity index (χ0v) is 15.3. The lowest BCUT2D eigenvalue weighted by Gasteiger charge is -2.14. The number of esters is 1. The van der Waals surface area contributed by atoms with Crippen LogP contribution >= 0.6 is 22.7 Å². The molecule has 2 aromatic heterocycles. The van der Waals surface area contributed by atoms with Gasteiger partial charge < -0.3 is 15.8 Å². The van der Waals surface area contributed by atoms with E-state index in [2.05, 4.69) is 5.32 Å². The number of ether oxygens (including phenoxy) is 1. The van der Waals surface area contributed by atoms with E-state index in [1.54, 1.807) is 18.3 Å². The monoisotopic (exact) mass is 366 g/mol. The third-order valence-corrected chi connectivity index (χ3v) is 6.76. The van der Waals surface area contributed by atoms with Gasteiger partial charge in [0.2, 0.25) is 5.91 Å². The smallest absolute Gasteiger partial charge is 0.348 e. The molecule has 2 heterocycles. The van der Waals surface area contributed by atoms with Gasteiger partial charge in [0.25, 0.3) is 0 Å². The molecule has 0 saturated heterocycles. The minimum Gasteiger partial charge on any atom is -0.462 e. The molecule has 0 bridgehead atoms. The summed E-state index contributed by atoms with van der Waals surface area (Å²) in [6.45, 7) is 2.49. The van der Waals surface area contributed by atoms with Gasteiger partial charge in [0, 0.05) is 29.3 Å². The Morgan fingerprint density at radius 2 is 2.25 bits per heavy atom. The van der Waals surface area contributed by atoms with Crippen LogP contribution in [0, 0.1) is 5.92 Å². The third kappa shape index (κ3) is 3.63. The summed E-state index contributed by atoms with van der Waals surface area (Å²) < 4.78 is 7.26. The lowest BCUT2D eigenvalue weighted by Crippen LogP contribution is -2.31. The largest absolute Gasteiger partial charge is 0.462 e. The van der Waals surface area contributed by atoms with E-state index < -0.39 is 0 Å². The van der Waals surface area contributed by atoms with E-state index in [9.17, 15) is 9.59 Å². The first-order valence-electron chi connectivity index (χ1n) is 8.28. The van der Waals surface area contributed by atoms with Gasteiger partial charge >= 0.3 is 5.97 Å². The van der Waals surface area contributed by atoms with E-state index in [0.717, 1.165) is 34.2 Å². The van der Waals surface area contributed by atoms with Crippen LogP contribution in [0.4, 0.5) is 0 Å². The second-order valence-electron chi connectivity index (χ2n) is 6.08. The van der Waals surface area contributed by atoms with E-state index in [0.29, 0.717) is 24.4 Å². The second-order valence-corrected chi connectivity index (χ2v) is 8.05. The predicted molar refractivity (Wildman–Crippen MR) is 97.4 cm³/mol. The van der Waals surface area contributed by atoms with Gasteiger partial charge in [0.15, 0.2) is 0 Å². The number of nitrogens with two attached hydrogens (primary N) is 1. The number of hydrogen-bond donors (Lipinski definition) is 2. The van der Waals surface area contributed by atoms with E-state index >= 15 is 0 Å². The molecular formula is C17H22N2O3S2. The maximum Gasteiger partial charge on any atom is 0.348 e. The SMILES string of the molecule is CCOC(=O)c1sc2ccsc2c1CNC(=O)C[C@@H]1CCC[C@H]1N. The number of thiophene rings is 2. The van der Waals surface area contributed by atoms with E-state index in [-0.39, 0.29) is 23.8 Å². The summed E-state index contributed by atoms with van der Waals surface area (Å²) in [6.07, 6.45) is 3.60. The van der Waals surface area contributed by atoms with Crippen molar-refractivity contribution in [2.75, 3.05) is 6.61 Å². The molecule has 0 radical (unpaired) electrons. The summed E-state index contributed by atoms with van der Waals surface area (Å²) in [4.78, 5) is 25.0. The van der Waals surface area contributed by atoms with Gasteiger partial charge in [-0.3, -0.25) is 4.79 Å². The maximum absolute atomic E-state index is 12.2. The minimum absolute atomic E-state index is 0.00284. The lowest BCUT2D eigenvalue weighted by atomic mass is 10.00. The molecule has 1 saturated carbocycles. The first-order chi connectivity index (χ1) is 11.6. The molecule has 0 aliphatic heterocycles. The Morgan fingerprint density at radius 3 is 2.96 bits per heavy atom. The van der Waals surface area contributed by atoms with Crippen molar-refractivity contribution in [1.29, 1.82) is 0 Å². The zero-order valence-electron chi connectivity index (χ0n) is 13.7. The van der Waals surface area contributed by atoms with Crippen molar-refractivity contribution in [3.8, 4) is 0 Å². The third-order valence-electron chi connectivity index (χ3n) is 4.48. The standard InChI is InChI=1S/C17H22N2O3S2/c1-2-22-17(21)16-11(15-13(24-16)6-7-23-15)9-19-14(20)8-10-4-3-5-12(10)18/h6-7,10,12H,2-5,8-9,18H2,1H3,(H,19,20)/t10-,12+/m0/s1. The first-order valence-corrected chi connectivity index (χ1v) is 9.98. The highest BCUT2D eigenvalue weighted by Crippen LogP contribution is 2.36. The van der Waals surface area contributed by atoms with Gasteiger partial charge in [-0.25, -0.2) is 4.79 Å². The molecule has 1 aliphatic carbocycles. The molecule has 24 heavy (non-hydrogen) atoms. The van der Waals surface area contributed by atoms with Gasteiger partial charge in [0.1, 0.15) is 4.88 Å². The normalized spacial score (nSPS) is 20.4. The quantitative estimate of drug-likeness (QED) is 0.769. The number of fused-ring (bicyclic) bond motifs is 1. The Labute approximate surface area is 149 Å². The molecule has 0 spiro atoms. The van der Waals surface area contributed by atoms with Crippen molar-refractivity contribution in [1.82, 2.24) is 5.32 Å². The number of nitrogens with one attached hydrogen (secondary N) is 1. The summed E-state index contributed by atoms with van der Waals surface area (Å²) in [5, 5.41) is 4.96. The fraction of sp³-hybridized carbons (Fsp3) is 0.529. The highest BCUT2D eigenvalue weighted by atomic mass is 32.1.